The number of nitrogens with one attached hydrogen (secondary N) is 1. The molecule has 0 spiro atoms. The van der Waals surface area contributed by atoms with Crippen molar-refractivity contribution in [2.24, 2.45) is 0 Å². The number of halogens is 3. The third-order valence-corrected chi connectivity index (χ3v) is 4.82. The molecule has 3 rings (SSSR count). The van der Waals surface area contributed by atoms with Crippen LogP contribution >= 0.6 is 11.8 Å². The summed E-state index contributed by atoms with van der Waals surface area (Å²) in [6.45, 7) is 0.359. The number of para-hydroxylation sites is 1. The van der Waals surface area contributed by atoms with Crippen molar-refractivity contribution in [1.82, 2.24) is 20.2 Å². The number of hydrogen-bond acceptors (Lipinski definition) is 7. The van der Waals surface area contributed by atoms with E-state index in [0.717, 1.165) is 30.0 Å². The number of rotatable bonds is 9. The minimum Gasteiger partial charge on any atom is -0.489 e. The molecule has 1 aromatic heterocycles. The lowest BCUT2D eigenvalue weighted by Crippen LogP contribution is -2.17. The zero-order valence-corrected chi connectivity index (χ0v) is 17.1. The van der Waals surface area contributed by atoms with Gasteiger partial charge in [-0.15, -0.1) is 5.10 Å². The smallest absolute Gasteiger partial charge is 0.416 e. The first kappa shape index (κ1) is 22.6. The number of aromatic nitrogens is 4. The first-order valence-corrected chi connectivity index (χ1v) is 9.96. The van der Waals surface area contributed by atoms with Gasteiger partial charge in [0.25, 0.3) is 0 Å². The van der Waals surface area contributed by atoms with Crippen LogP contribution in [-0.2, 0) is 15.7 Å². The quantitative estimate of drug-likeness (QED) is 0.392. The Labute approximate surface area is 179 Å². The number of tetrazole rings is 1. The Hall–Kier alpha value is -3.12. The molecule has 0 saturated heterocycles. The molecular weight excluding hydrogens is 435 g/mol. The van der Waals surface area contributed by atoms with Gasteiger partial charge in [0.1, 0.15) is 12.4 Å². The first-order chi connectivity index (χ1) is 14.9. The number of ether oxygens (including phenoxy) is 2. The molecule has 1 amide bonds. The van der Waals surface area contributed by atoms with E-state index in [1.165, 1.54) is 11.8 Å². The van der Waals surface area contributed by atoms with E-state index < -0.39 is 17.6 Å². The Bertz CT molecular complexity index is 1010. The molecule has 0 aliphatic heterocycles. The van der Waals surface area contributed by atoms with E-state index in [4.69, 9.17) is 9.47 Å². The van der Waals surface area contributed by atoms with Gasteiger partial charge in [0.15, 0.2) is 0 Å². The summed E-state index contributed by atoms with van der Waals surface area (Å²) >= 11 is 1.04. The summed E-state index contributed by atoms with van der Waals surface area (Å²) in [6, 6.07) is 12.0. The zero-order chi connectivity index (χ0) is 22.3. The number of nitrogens with zero attached hydrogens (tertiary/aromatic N) is 4. The second kappa shape index (κ2) is 10.3. The maximum Gasteiger partial charge on any atom is 0.416 e. The number of benzene rings is 2. The molecule has 0 aliphatic rings. The zero-order valence-electron chi connectivity index (χ0n) is 16.3. The van der Waals surface area contributed by atoms with E-state index in [-0.39, 0.29) is 30.4 Å². The van der Waals surface area contributed by atoms with Crippen LogP contribution in [0.3, 0.4) is 0 Å². The number of amides is 1. The Morgan fingerprint density at radius 1 is 1.16 bits per heavy atom. The number of alkyl halides is 3. The maximum atomic E-state index is 13.1. The molecule has 1 heterocycles. The van der Waals surface area contributed by atoms with Gasteiger partial charge in [0.2, 0.25) is 11.1 Å². The van der Waals surface area contributed by atoms with Crippen LogP contribution < -0.4 is 10.1 Å². The van der Waals surface area contributed by atoms with Gasteiger partial charge in [-0.2, -0.15) is 17.9 Å². The molecule has 0 unspecified atom stereocenters. The van der Waals surface area contributed by atoms with Crippen molar-refractivity contribution in [3.05, 3.63) is 54.1 Å². The molecule has 3 aromatic rings. The van der Waals surface area contributed by atoms with E-state index in [1.807, 2.05) is 18.2 Å². The Morgan fingerprint density at radius 2 is 1.94 bits per heavy atom. The van der Waals surface area contributed by atoms with Crippen molar-refractivity contribution < 1.29 is 27.4 Å². The van der Waals surface area contributed by atoms with Gasteiger partial charge >= 0.3 is 6.18 Å². The van der Waals surface area contributed by atoms with Gasteiger partial charge in [-0.1, -0.05) is 30.0 Å². The fraction of sp³-hybridized carbons (Fsp3) is 0.263. The number of hydrogen-bond donors (Lipinski definition) is 1. The summed E-state index contributed by atoms with van der Waals surface area (Å²) < 4.78 is 51.0. The van der Waals surface area contributed by atoms with Crippen LogP contribution in [-0.4, -0.2) is 52.2 Å². The minimum absolute atomic E-state index is 0.0841. The first-order valence-electron chi connectivity index (χ1n) is 8.98. The van der Waals surface area contributed by atoms with Crippen molar-refractivity contribution in [3.8, 4) is 11.4 Å². The summed E-state index contributed by atoms with van der Waals surface area (Å²) in [5.41, 5.74) is -0.274. The SMILES string of the molecule is COCCOc1ccc(C(F)(F)F)cc1NC(=O)CSc1nnnn1-c1ccccc1. The normalized spacial score (nSPS) is 11.4. The summed E-state index contributed by atoms with van der Waals surface area (Å²) in [6.07, 6.45) is -4.56. The molecule has 0 radical (unpaired) electrons. The van der Waals surface area contributed by atoms with E-state index in [1.54, 1.807) is 12.1 Å². The summed E-state index contributed by atoms with van der Waals surface area (Å²) in [4.78, 5) is 12.4. The van der Waals surface area contributed by atoms with Gasteiger partial charge < -0.3 is 14.8 Å². The molecule has 31 heavy (non-hydrogen) atoms. The maximum absolute atomic E-state index is 13.1. The third kappa shape index (κ3) is 6.18. The fourth-order valence-corrected chi connectivity index (χ4v) is 3.17. The summed E-state index contributed by atoms with van der Waals surface area (Å²) in [7, 11) is 1.47. The number of carbonyl (C=O) groups is 1. The molecule has 0 bridgehead atoms. The molecule has 164 valence electrons. The lowest BCUT2D eigenvalue weighted by molar-refractivity contribution is -0.137. The molecule has 12 heteroatoms. The van der Waals surface area contributed by atoms with E-state index in [2.05, 4.69) is 20.8 Å². The second-order valence-corrected chi connectivity index (χ2v) is 7.04. The van der Waals surface area contributed by atoms with Crippen LogP contribution in [0.25, 0.3) is 5.69 Å². The predicted molar refractivity (Wildman–Crippen MR) is 107 cm³/mol. The van der Waals surface area contributed by atoms with Crippen molar-refractivity contribution in [2.75, 3.05) is 31.4 Å². The van der Waals surface area contributed by atoms with Crippen LogP contribution in [0.4, 0.5) is 18.9 Å². The van der Waals surface area contributed by atoms with E-state index >= 15 is 0 Å². The average molecular weight is 453 g/mol. The number of anilines is 1. The van der Waals surface area contributed by atoms with Crippen molar-refractivity contribution in [2.45, 2.75) is 11.3 Å². The highest BCUT2D eigenvalue weighted by Crippen LogP contribution is 2.35. The van der Waals surface area contributed by atoms with Crippen molar-refractivity contribution in [3.63, 3.8) is 0 Å². The molecule has 0 aliphatic carbocycles. The summed E-state index contributed by atoms with van der Waals surface area (Å²) in [5.74, 6) is -0.554. The van der Waals surface area contributed by atoms with Crippen LogP contribution in [0.15, 0.2) is 53.7 Å². The third-order valence-electron chi connectivity index (χ3n) is 3.90. The molecule has 0 fully saturated rings. The van der Waals surface area contributed by atoms with Gasteiger partial charge in [-0.25, -0.2) is 0 Å². The monoisotopic (exact) mass is 453 g/mol. The average Bonchev–Trinajstić information content (AvgIpc) is 3.22. The second-order valence-electron chi connectivity index (χ2n) is 6.10. The summed E-state index contributed by atoms with van der Waals surface area (Å²) in [5, 5.41) is 14.2. The number of thioether (sulfide) groups is 1. The highest BCUT2D eigenvalue weighted by molar-refractivity contribution is 7.99. The van der Waals surface area contributed by atoms with Gasteiger partial charge in [0.05, 0.1) is 29.3 Å². The fourth-order valence-electron chi connectivity index (χ4n) is 2.48. The van der Waals surface area contributed by atoms with Gasteiger partial charge in [0, 0.05) is 7.11 Å². The molecule has 2 aromatic carbocycles. The van der Waals surface area contributed by atoms with Crippen LogP contribution in [0.5, 0.6) is 5.75 Å². The van der Waals surface area contributed by atoms with Crippen molar-refractivity contribution >= 4 is 23.4 Å². The van der Waals surface area contributed by atoms with Gasteiger partial charge in [-0.3, -0.25) is 4.79 Å². The Balaban J connectivity index is 1.70. The topological polar surface area (TPSA) is 91.2 Å². The minimum atomic E-state index is -4.56. The largest absolute Gasteiger partial charge is 0.489 e. The lowest BCUT2D eigenvalue weighted by Gasteiger charge is -2.15. The Morgan fingerprint density at radius 3 is 2.65 bits per heavy atom. The van der Waals surface area contributed by atoms with Gasteiger partial charge in [-0.05, 0) is 40.8 Å². The van der Waals surface area contributed by atoms with Crippen LogP contribution in [0, 0.1) is 0 Å². The lowest BCUT2D eigenvalue weighted by atomic mass is 10.1. The predicted octanol–water partition coefficient (Wildman–Crippen LogP) is 3.44. The molecule has 0 atom stereocenters. The standard InChI is InChI=1S/C19H18F3N5O3S/c1-29-9-10-30-16-8-7-13(19(20,21)22)11-15(16)23-17(28)12-31-18-24-25-26-27(18)14-5-3-2-4-6-14/h2-8,11H,9-10,12H2,1H3,(H,23,28). The van der Waals surface area contributed by atoms with Crippen LogP contribution in [0.2, 0.25) is 0 Å². The molecular formula is C19H18F3N5O3S. The molecule has 0 saturated carbocycles. The highest BCUT2D eigenvalue weighted by Gasteiger charge is 2.31. The number of methoxy groups -OCH3 is 1. The Kier molecular flexibility index (Phi) is 7.47. The number of carbonyl (C=O) groups excluding carboxylic acids is 1. The van der Waals surface area contributed by atoms with E-state index in [0.29, 0.717) is 10.8 Å². The van der Waals surface area contributed by atoms with Crippen molar-refractivity contribution in [1.29, 1.82) is 0 Å². The van der Waals surface area contributed by atoms with Crippen LogP contribution in [0.1, 0.15) is 5.56 Å². The van der Waals surface area contributed by atoms with E-state index in [9.17, 15) is 18.0 Å². The molecule has 8 nitrogen and oxygen atoms in total. The molecule has 1 N–H and O–H groups in total. The highest BCUT2D eigenvalue weighted by atomic mass is 32.2.